The van der Waals surface area contributed by atoms with E-state index in [-0.39, 0.29) is 35.7 Å². The Morgan fingerprint density at radius 3 is 0.852 bits per heavy atom. The van der Waals surface area contributed by atoms with Gasteiger partial charge >= 0.3 is 0 Å². The molecule has 9 nitrogen and oxygen atoms in total. The predicted molar refractivity (Wildman–Crippen MR) is 597 cm³/mol. The molecule has 0 saturated carbocycles. The van der Waals surface area contributed by atoms with Gasteiger partial charge in [-0.05, 0) is 417 Å². The third kappa shape index (κ3) is 6.49. The number of likely N-dealkylation sites (tertiary alicyclic amines) is 1. The van der Waals surface area contributed by atoms with Gasteiger partial charge in [0.1, 0.15) is 0 Å². The molecule has 0 N–H and O–H groups in total. The van der Waals surface area contributed by atoms with Crippen molar-refractivity contribution in [3.63, 3.8) is 0 Å². The summed E-state index contributed by atoms with van der Waals surface area (Å²) in [6.07, 6.45) is 38.4. The Morgan fingerprint density at radius 1 is 0.261 bits per heavy atom. The van der Waals surface area contributed by atoms with Gasteiger partial charge in [-0.1, -0.05) is 206 Å². The van der Waals surface area contributed by atoms with Gasteiger partial charge in [0.15, 0.2) is 0 Å². The SMILES string of the molecule is CCCCCCCCCCCCCCCCCCN1CC23c4c5c6c7c8c9c(c%10c%11c2c2c4c4c%12c5c5c6c6c8c8c%13c9c9c%10c%10c%11c%11c2c2c4c4c%12c%12c5c5c6c8c6c8c%13c9c9c%10c%10c%11c2c2c4c4c%12c5c6c5c8c9c%10c2c45)C73C1c1ccc(N2C(=O)c3ccc4c5c(N6CCCC6)cc6c7c(ccc(c8c(N9CCCC9)cc(c3c48)C2=O)c75)C(=O)N(C(CCCCCCC)CCCCCCC)C6=O)cc1. The fourth-order valence-electron chi connectivity index (χ4n) is 40.1. The summed E-state index contributed by atoms with van der Waals surface area (Å²) in [5.74, 6) is -0.890. The maximum Gasteiger partial charge on any atom is 0.266 e. The van der Waals surface area contributed by atoms with Crippen LogP contribution in [0.2, 0.25) is 0 Å². The molecule has 2 spiro atoms. The molecule has 5 heterocycles. The van der Waals surface area contributed by atoms with Crippen LogP contribution in [0.25, 0.3) is 334 Å². The number of nitrogens with zero attached hydrogens (tertiary/aromatic N) is 5. The molecule has 678 valence electrons. The molecule has 4 aliphatic carbocycles. The number of anilines is 3. The third-order valence-electron chi connectivity index (χ3n) is 43.9. The highest BCUT2D eigenvalue weighted by Crippen LogP contribution is 2.88. The molecule has 34 aromatic rings. The molecule has 0 radical (unpaired) electrons. The number of unbranched alkanes of at least 4 members (excludes halogenated alkanes) is 23. The maximum atomic E-state index is 17.2. The Kier molecular flexibility index (Phi) is 11.6. The van der Waals surface area contributed by atoms with E-state index in [1.807, 2.05) is 0 Å². The molecule has 1 atom stereocenters. The summed E-state index contributed by atoms with van der Waals surface area (Å²) in [4.78, 5) is 77.7. The van der Waals surface area contributed by atoms with Gasteiger partial charge in [0.25, 0.3) is 23.6 Å². The Balaban J connectivity index is 0.528. The van der Waals surface area contributed by atoms with Crippen LogP contribution in [-0.4, -0.2) is 78.7 Å². The Hall–Kier alpha value is -13.1. The monoisotopic (exact) mass is 1830 g/mol. The van der Waals surface area contributed by atoms with Crippen LogP contribution in [0.5, 0.6) is 0 Å². The fourth-order valence-corrected chi connectivity index (χ4v) is 40.1. The predicted octanol–water partition coefficient (Wildman–Crippen LogP) is 35.3. The van der Waals surface area contributed by atoms with E-state index in [1.165, 1.54) is 140 Å². The topological polar surface area (TPSA) is 84.5 Å². The summed E-state index contributed by atoms with van der Waals surface area (Å²) in [6, 6.07) is 22.1. The standard InChI is InChI=1S/C133H97N5O4/c1-4-7-10-13-14-15-16-17-18-19-20-21-22-23-26-29-48-136-51-132-123-115-107-97-87-79-71-69-70-73-77-75(71)83-91-85(77)95-89-81(73)82-74(70)78-76-72(69)80(79)88-94-84(76)92-86(78)96-90(82)100-99(89)111-105(95)113-103(91)109(101(107)93(83)87)117(123)119(113)125-121(111)122-112(100)106(96)114-104(92)110-102(94)108(98(88)97)116(115)124(132)118(110)120(114)126(122)133(125,132)127(136)52-36-38-54(39-37-52)138-129(140)58-43-41-56-65-61(134-44-30-31-45-134)49-59-63-57(128(139)137(130(59)141)53(34-27-24-11-8-5-2)35-28-25-12-9-6-3)42-40-55(67(63)65)66-62(135-46-32-33-47-135)50-60(131(138)142)64(58)68(56)66/h36-43,49-50,53,127H,4-35,44-48,51H2,1-3H3. The zero-order valence-corrected chi connectivity index (χ0v) is 80.7. The van der Waals surface area contributed by atoms with Crippen LogP contribution in [-0.2, 0) is 10.8 Å². The molecule has 0 aromatic heterocycles. The highest BCUT2D eigenvalue weighted by atomic mass is 16.2. The van der Waals surface area contributed by atoms with Gasteiger partial charge in [0.2, 0.25) is 0 Å². The smallest absolute Gasteiger partial charge is 0.266 e. The summed E-state index contributed by atoms with van der Waals surface area (Å²) in [5.41, 5.74) is 12.0. The normalized spacial score (nSPS) is 20.1. The molecule has 3 saturated heterocycles. The summed E-state index contributed by atoms with van der Waals surface area (Å²) in [7, 11) is 0. The number of imide groups is 2. The van der Waals surface area contributed by atoms with Crippen molar-refractivity contribution in [2.75, 3.05) is 54.0 Å². The van der Waals surface area contributed by atoms with Crippen LogP contribution in [0.3, 0.4) is 0 Å². The summed E-state index contributed by atoms with van der Waals surface area (Å²) >= 11 is 0. The van der Waals surface area contributed by atoms with Crippen LogP contribution in [0, 0.1) is 0 Å². The first-order chi connectivity index (χ1) is 70.3. The molecular weight excluding hydrogens is 1730 g/mol. The van der Waals surface area contributed by atoms with Gasteiger partial charge in [-0.2, -0.15) is 0 Å². The number of benzene rings is 24. The highest BCUT2D eigenvalue weighted by molar-refractivity contribution is 6.83. The van der Waals surface area contributed by atoms with Gasteiger partial charge < -0.3 is 9.80 Å². The van der Waals surface area contributed by atoms with Gasteiger partial charge in [-0.3, -0.25) is 29.0 Å². The fraction of sp³-hybridized carbons (Fsp3) is 0.338. The minimum Gasteiger partial charge on any atom is -0.371 e. The number of hydrogen-bond donors (Lipinski definition) is 0. The van der Waals surface area contributed by atoms with Crippen LogP contribution in [0.15, 0.2) is 60.7 Å². The number of rotatable bonds is 34. The second-order valence-corrected chi connectivity index (χ2v) is 49.1. The molecule has 34 aromatic carbocycles. The van der Waals surface area contributed by atoms with E-state index in [0.29, 0.717) is 27.9 Å². The molecular formula is C133H97N5O4. The minimum absolute atomic E-state index is 0.123. The molecule has 3 fully saturated rings. The summed E-state index contributed by atoms with van der Waals surface area (Å²) in [6.45, 7) is 12.1. The van der Waals surface area contributed by atoms with Crippen LogP contribution in [0.1, 0.15) is 302 Å². The quantitative estimate of drug-likeness (QED) is 0.0172. The number of carbonyl (C=O) groups is 4. The zero-order chi connectivity index (χ0) is 91.0. The average Bonchev–Trinajstić information content (AvgIpc) is 1.38. The van der Waals surface area contributed by atoms with Gasteiger partial charge in [-0.25, -0.2) is 4.90 Å². The highest BCUT2D eigenvalue weighted by Gasteiger charge is 2.76. The van der Waals surface area contributed by atoms with Crippen LogP contribution in [0.4, 0.5) is 17.1 Å². The van der Waals surface area contributed by atoms with Crippen LogP contribution >= 0.6 is 0 Å². The van der Waals surface area contributed by atoms with Gasteiger partial charge in [0, 0.05) is 99.6 Å². The molecule has 43 rings (SSSR count). The number of carbonyl (C=O) groups excluding carboxylic acids is 4. The van der Waals surface area contributed by atoms with Crippen LogP contribution < -0.4 is 14.7 Å². The lowest BCUT2D eigenvalue weighted by atomic mass is 9.47. The van der Waals surface area contributed by atoms with Gasteiger partial charge in [-0.15, -0.1) is 0 Å². The largest absolute Gasteiger partial charge is 0.371 e. The van der Waals surface area contributed by atoms with E-state index in [2.05, 4.69) is 96.1 Å². The lowest BCUT2D eigenvalue weighted by Crippen LogP contribution is -2.52. The third-order valence-corrected chi connectivity index (χ3v) is 43.9. The van der Waals surface area contributed by atoms with Crippen molar-refractivity contribution in [1.29, 1.82) is 0 Å². The van der Waals surface area contributed by atoms with Crippen molar-refractivity contribution in [2.45, 2.75) is 249 Å². The second-order valence-electron chi connectivity index (χ2n) is 49.1. The second kappa shape index (κ2) is 22.6. The Labute approximate surface area is 811 Å². The van der Waals surface area contributed by atoms with Gasteiger partial charge in [0.05, 0.1) is 27.6 Å². The van der Waals surface area contributed by atoms with Crippen molar-refractivity contribution < 1.29 is 19.2 Å². The molecule has 9 heteroatoms. The average molecular weight is 1830 g/mol. The van der Waals surface area contributed by atoms with Crippen molar-refractivity contribution in [3.05, 3.63) is 111 Å². The summed E-state index contributed by atoms with van der Waals surface area (Å²) < 4.78 is 0. The first-order valence-corrected chi connectivity index (χ1v) is 56.5. The van der Waals surface area contributed by atoms with E-state index in [9.17, 15) is 0 Å². The van der Waals surface area contributed by atoms with E-state index in [1.54, 1.807) is 323 Å². The molecule has 1 unspecified atom stereocenters. The molecule has 4 amide bonds. The van der Waals surface area contributed by atoms with Crippen molar-refractivity contribution in [1.82, 2.24) is 9.80 Å². The Morgan fingerprint density at radius 2 is 0.528 bits per heavy atom. The Bertz CT molecular complexity index is 11000. The molecule has 0 bridgehead atoms. The first kappa shape index (κ1) is 73.1. The zero-order valence-electron chi connectivity index (χ0n) is 80.7. The lowest BCUT2D eigenvalue weighted by molar-refractivity contribution is 0.0516. The van der Waals surface area contributed by atoms with E-state index in [4.69, 9.17) is 0 Å². The number of hydrogen-bond acceptors (Lipinski definition) is 7. The summed E-state index contributed by atoms with van der Waals surface area (Å²) in [5, 5.41) is 94.7. The number of amides is 4. The first-order valence-electron chi connectivity index (χ1n) is 56.5. The number of fused-ring (bicyclic) bond motifs is 2. The lowest BCUT2D eigenvalue weighted by Gasteiger charge is -2.52. The maximum absolute atomic E-state index is 17.2. The van der Waals surface area contributed by atoms with E-state index in [0.717, 1.165) is 164 Å². The molecule has 5 aliphatic heterocycles. The molecule has 142 heavy (non-hydrogen) atoms. The van der Waals surface area contributed by atoms with E-state index >= 15 is 19.2 Å². The van der Waals surface area contributed by atoms with Crippen molar-refractivity contribution in [3.8, 4) is 0 Å². The molecule has 9 aliphatic rings. The van der Waals surface area contributed by atoms with E-state index < -0.39 is 10.8 Å². The van der Waals surface area contributed by atoms with Crippen molar-refractivity contribution in [2.24, 2.45) is 0 Å². The van der Waals surface area contributed by atoms with Crippen molar-refractivity contribution >= 4 is 375 Å². The minimum atomic E-state index is -0.598.